The summed E-state index contributed by atoms with van der Waals surface area (Å²) in [5, 5.41) is 8.99. The van der Waals surface area contributed by atoms with Gasteiger partial charge in [-0.2, -0.15) is 0 Å². The van der Waals surface area contributed by atoms with Gasteiger partial charge in [0.15, 0.2) is 0 Å². The fourth-order valence-electron chi connectivity index (χ4n) is 1.17. The third-order valence-electron chi connectivity index (χ3n) is 1.99. The van der Waals surface area contributed by atoms with E-state index in [1.165, 1.54) is 5.57 Å². The Morgan fingerprint density at radius 2 is 2.00 bits per heavy atom. The van der Waals surface area contributed by atoms with Crippen LogP contribution in [-0.4, -0.2) is 11.7 Å². The number of allylic oxidation sites excluding steroid dienone is 1. The largest absolute Gasteiger partial charge is 0.395 e. The van der Waals surface area contributed by atoms with Gasteiger partial charge in [0.1, 0.15) is 0 Å². The first-order chi connectivity index (χ1) is 4.58. The van der Waals surface area contributed by atoms with Gasteiger partial charge in [-0.05, 0) is 13.3 Å². The molecule has 0 saturated carbocycles. The van der Waals surface area contributed by atoms with Gasteiger partial charge in [0, 0.05) is 5.41 Å². The van der Waals surface area contributed by atoms with Crippen LogP contribution in [0.4, 0.5) is 0 Å². The van der Waals surface area contributed by atoms with Gasteiger partial charge in [0.2, 0.25) is 0 Å². The van der Waals surface area contributed by atoms with Crippen LogP contribution in [-0.2, 0) is 0 Å². The molecule has 0 amide bonds. The maximum atomic E-state index is 8.99. The third-order valence-corrected chi connectivity index (χ3v) is 1.99. The molecule has 10 heavy (non-hydrogen) atoms. The number of hydrogen-bond donors (Lipinski definition) is 1. The molecule has 60 valence electrons. The van der Waals surface area contributed by atoms with E-state index in [1.54, 1.807) is 0 Å². The molecule has 0 aromatic rings. The molecule has 0 atom stereocenters. The summed E-state index contributed by atoms with van der Waals surface area (Å²) in [6.45, 7) is 8.50. The lowest BCUT2D eigenvalue weighted by molar-refractivity contribution is 0.187. The molecule has 0 bridgehead atoms. The predicted molar refractivity (Wildman–Crippen MR) is 44.9 cm³/mol. The zero-order valence-electron chi connectivity index (χ0n) is 7.44. The standard InChI is InChI=1S/C9H18O/c1-5-8(6-2)9(3,4)7-10/h5,10H,6-7H2,1-4H3/b8-5-. The van der Waals surface area contributed by atoms with E-state index in [4.69, 9.17) is 5.11 Å². The van der Waals surface area contributed by atoms with Gasteiger partial charge < -0.3 is 5.11 Å². The molecule has 1 heteroatoms. The van der Waals surface area contributed by atoms with Crippen molar-refractivity contribution in [3.05, 3.63) is 11.6 Å². The molecular formula is C9H18O. The Hall–Kier alpha value is -0.300. The lowest BCUT2D eigenvalue weighted by Gasteiger charge is -2.24. The molecule has 0 unspecified atom stereocenters. The van der Waals surface area contributed by atoms with Crippen LogP contribution in [0, 0.1) is 5.41 Å². The number of aliphatic hydroxyl groups excluding tert-OH is 1. The van der Waals surface area contributed by atoms with Gasteiger partial charge in [-0.25, -0.2) is 0 Å². The van der Waals surface area contributed by atoms with E-state index in [0.29, 0.717) is 0 Å². The summed E-state index contributed by atoms with van der Waals surface area (Å²) < 4.78 is 0. The quantitative estimate of drug-likeness (QED) is 0.600. The molecule has 0 radical (unpaired) electrons. The smallest absolute Gasteiger partial charge is 0.0519 e. The molecule has 1 N–H and O–H groups in total. The molecule has 0 aliphatic carbocycles. The highest BCUT2D eigenvalue weighted by Gasteiger charge is 2.19. The van der Waals surface area contributed by atoms with Crippen molar-refractivity contribution >= 4 is 0 Å². The lowest BCUT2D eigenvalue weighted by Crippen LogP contribution is -2.19. The average Bonchev–Trinajstić information content (AvgIpc) is 1.90. The van der Waals surface area contributed by atoms with Crippen molar-refractivity contribution in [2.75, 3.05) is 6.61 Å². The highest BCUT2D eigenvalue weighted by Crippen LogP contribution is 2.27. The molecular weight excluding hydrogens is 124 g/mol. The highest BCUT2D eigenvalue weighted by atomic mass is 16.3. The van der Waals surface area contributed by atoms with Crippen LogP contribution in [0.15, 0.2) is 11.6 Å². The second-order valence-electron chi connectivity index (χ2n) is 3.21. The first-order valence-electron chi connectivity index (χ1n) is 3.85. The van der Waals surface area contributed by atoms with E-state index in [9.17, 15) is 0 Å². The summed E-state index contributed by atoms with van der Waals surface area (Å²) >= 11 is 0. The van der Waals surface area contributed by atoms with Crippen LogP contribution in [0.25, 0.3) is 0 Å². The fourth-order valence-corrected chi connectivity index (χ4v) is 1.17. The minimum absolute atomic E-state index is 0.0243. The molecule has 0 fully saturated rings. The minimum atomic E-state index is -0.0243. The molecule has 0 aliphatic rings. The monoisotopic (exact) mass is 142 g/mol. The maximum absolute atomic E-state index is 8.99. The van der Waals surface area contributed by atoms with Gasteiger partial charge >= 0.3 is 0 Å². The van der Waals surface area contributed by atoms with Crippen molar-refractivity contribution < 1.29 is 5.11 Å². The number of hydrogen-bond acceptors (Lipinski definition) is 1. The van der Waals surface area contributed by atoms with Gasteiger partial charge in [-0.3, -0.25) is 0 Å². The van der Waals surface area contributed by atoms with Crippen molar-refractivity contribution in [3.63, 3.8) is 0 Å². The second kappa shape index (κ2) is 3.77. The Morgan fingerprint density at radius 3 is 2.10 bits per heavy atom. The van der Waals surface area contributed by atoms with Crippen LogP contribution in [0.3, 0.4) is 0 Å². The van der Waals surface area contributed by atoms with Crippen LogP contribution < -0.4 is 0 Å². The van der Waals surface area contributed by atoms with Gasteiger partial charge in [0.25, 0.3) is 0 Å². The third kappa shape index (κ3) is 2.14. The second-order valence-corrected chi connectivity index (χ2v) is 3.21. The number of aliphatic hydroxyl groups is 1. The molecule has 0 heterocycles. The zero-order valence-corrected chi connectivity index (χ0v) is 7.44. The van der Waals surface area contributed by atoms with E-state index in [1.807, 2.05) is 6.92 Å². The van der Waals surface area contributed by atoms with Crippen LogP contribution in [0.2, 0.25) is 0 Å². The SMILES string of the molecule is C/C=C(/CC)C(C)(C)CO. The van der Waals surface area contributed by atoms with Crippen LogP contribution in [0.1, 0.15) is 34.1 Å². The first-order valence-corrected chi connectivity index (χ1v) is 3.85. The van der Waals surface area contributed by atoms with E-state index in [2.05, 4.69) is 26.8 Å². The fraction of sp³-hybridized carbons (Fsp3) is 0.778. The molecule has 1 nitrogen and oxygen atoms in total. The molecule has 0 aromatic carbocycles. The Balaban J connectivity index is 4.28. The van der Waals surface area contributed by atoms with Crippen molar-refractivity contribution in [3.8, 4) is 0 Å². The highest BCUT2D eigenvalue weighted by molar-refractivity contribution is 5.10. The maximum Gasteiger partial charge on any atom is 0.0519 e. The first kappa shape index (κ1) is 9.70. The molecule has 0 aromatic heterocycles. The Labute approximate surface area is 63.8 Å². The van der Waals surface area contributed by atoms with Crippen molar-refractivity contribution in [1.82, 2.24) is 0 Å². The van der Waals surface area contributed by atoms with E-state index >= 15 is 0 Å². The van der Waals surface area contributed by atoms with E-state index in [0.717, 1.165) is 6.42 Å². The summed E-state index contributed by atoms with van der Waals surface area (Å²) in [6.07, 6.45) is 3.13. The predicted octanol–water partition coefficient (Wildman–Crippen LogP) is 2.36. The molecule has 0 aliphatic heterocycles. The topological polar surface area (TPSA) is 20.2 Å². The van der Waals surface area contributed by atoms with Gasteiger partial charge in [-0.15, -0.1) is 0 Å². The van der Waals surface area contributed by atoms with Gasteiger partial charge in [-0.1, -0.05) is 32.4 Å². The summed E-state index contributed by atoms with van der Waals surface area (Å²) in [6, 6.07) is 0. The summed E-state index contributed by atoms with van der Waals surface area (Å²) in [7, 11) is 0. The molecule has 0 saturated heterocycles. The van der Waals surface area contributed by atoms with Crippen LogP contribution in [0.5, 0.6) is 0 Å². The van der Waals surface area contributed by atoms with Crippen molar-refractivity contribution in [2.24, 2.45) is 5.41 Å². The molecule has 0 spiro atoms. The average molecular weight is 142 g/mol. The molecule has 0 rings (SSSR count). The Kier molecular flexibility index (Phi) is 3.66. The normalized spacial score (nSPS) is 13.9. The summed E-state index contributed by atoms with van der Waals surface area (Å²) in [4.78, 5) is 0. The minimum Gasteiger partial charge on any atom is -0.395 e. The van der Waals surface area contributed by atoms with Crippen LogP contribution >= 0.6 is 0 Å². The Bertz CT molecular complexity index is 123. The van der Waals surface area contributed by atoms with E-state index < -0.39 is 0 Å². The van der Waals surface area contributed by atoms with Gasteiger partial charge in [0.05, 0.1) is 6.61 Å². The lowest BCUT2D eigenvalue weighted by atomic mass is 9.83. The van der Waals surface area contributed by atoms with E-state index in [-0.39, 0.29) is 12.0 Å². The van der Waals surface area contributed by atoms with Crippen molar-refractivity contribution in [2.45, 2.75) is 34.1 Å². The number of rotatable bonds is 3. The zero-order chi connectivity index (χ0) is 8.20. The summed E-state index contributed by atoms with van der Waals surface area (Å²) in [5.74, 6) is 0. The summed E-state index contributed by atoms with van der Waals surface area (Å²) in [5.41, 5.74) is 1.30. The Morgan fingerprint density at radius 1 is 1.50 bits per heavy atom. The van der Waals surface area contributed by atoms with Crippen molar-refractivity contribution in [1.29, 1.82) is 0 Å².